The molecule has 3 aromatic rings. The quantitative estimate of drug-likeness (QED) is 0.661. The molecule has 0 fully saturated rings. The molecule has 136 valence electrons. The molecule has 2 aromatic heterocycles. The second kappa shape index (κ2) is 8.78. The van der Waals surface area contributed by atoms with E-state index >= 15 is 0 Å². The molecule has 0 unspecified atom stereocenters. The van der Waals surface area contributed by atoms with Gasteiger partial charge >= 0.3 is 0 Å². The predicted octanol–water partition coefficient (Wildman–Crippen LogP) is 3.28. The summed E-state index contributed by atoms with van der Waals surface area (Å²) in [4.78, 5) is 20.1. The van der Waals surface area contributed by atoms with E-state index in [0.29, 0.717) is 37.0 Å². The molecule has 26 heavy (non-hydrogen) atoms. The smallest absolute Gasteiger partial charge is 0.236 e. The summed E-state index contributed by atoms with van der Waals surface area (Å²) >= 11 is 1.57. The number of carbonyl (C=O) groups excluding carboxylic acids is 1. The van der Waals surface area contributed by atoms with Crippen molar-refractivity contribution in [3.63, 3.8) is 0 Å². The number of aromatic nitrogens is 1. The van der Waals surface area contributed by atoms with E-state index in [1.807, 2.05) is 47.5 Å². The minimum Gasteiger partial charge on any atom is -0.440 e. The molecule has 1 aromatic carbocycles. The summed E-state index contributed by atoms with van der Waals surface area (Å²) in [5.41, 5.74) is 7.60. The maximum absolute atomic E-state index is 12.8. The lowest BCUT2D eigenvalue weighted by Crippen LogP contribution is -2.38. The fourth-order valence-corrected chi connectivity index (χ4v) is 3.43. The van der Waals surface area contributed by atoms with E-state index in [1.54, 1.807) is 11.3 Å². The van der Waals surface area contributed by atoms with Gasteiger partial charge in [-0.2, -0.15) is 0 Å². The average molecular weight is 369 g/mol. The first-order chi connectivity index (χ1) is 12.7. The summed E-state index contributed by atoms with van der Waals surface area (Å²) in [6.07, 6.45) is 1.04. The Hall–Kier alpha value is -2.44. The molecule has 6 heteroatoms. The number of carbonyl (C=O) groups is 1. The molecule has 0 aliphatic heterocycles. The first-order valence-corrected chi connectivity index (χ1v) is 9.57. The highest BCUT2D eigenvalue weighted by Crippen LogP contribution is 2.26. The summed E-state index contributed by atoms with van der Waals surface area (Å²) in [6, 6.07) is 14.1. The Bertz CT molecular complexity index is 828. The Morgan fingerprint density at radius 3 is 2.69 bits per heavy atom. The Balaban J connectivity index is 1.66. The van der Waals surface area contributed by atoms with E-state index in [9.17, 15) is 4.79 Å². The molecule has 0 saturated carbocycles. The van der Waals surface area contributed by atoms with Crippen LogP contribution in [-0.2, 0) is 17.6 Å². The van der Waals surface area contributed by atoms with Crippen molar-refractivity contribution < 1.29 is 9.21 Å². The molecule has 0 saturated heterocycles. The molecule has 5 nitrogen and oxygen atoms in total. The van der Waals surface area contributed by atoms with Gasteiger partial charge in [0, 0.05) is 19.6 Å². The van der Waals surface area contributed by atoms with E-state index in [2.05, 4.69) is 17.1 Å². The van der Waals surface area contributed by atoms with Gasteiger partial charge in [-0.1, -0.05) is 36.4 Å². The Morgan fingerprint density at radius 1 is 1.19 bits per heavy atom. The molecule has 0 atom stereocenters. The standard InChI is InChI=1S/C20H23N3O2S/c1-15-17(22-20(25-15)18-8-5-13-26-18)14-19(24)23(12-10-21)11-9-16-6-3-2-4-7-16/h2-8,13H,9-12,14,21H2,1H3. The highest BCUT2D eigenvalue weighted by atomic mass is 32.1. The first kappa shape index (κ1) is 18.4. The largest absolute Gasteiger partial charge is 0.440 e. The van der Waals surface area contributed by atoms with Crippen molar-refractivity contribution in [3.05, 3.63) is 64.9 Å². The lowest BCUT2D eigenvalue weighted by Gasteiger charge is -2.21. The van der Waals surface area contributed by atoms with Gasteiger partial charge in [-0.25, -0.2) is 4.98 Å². The van der Waals surface area contributed by atoms with E-state index < -0.39 is 0 Å². The van der Waals surface area contributed by atoms with E-state index in [-0.39, 0.29) is 12.3 Å². The van der Waals surface area contributed by atoms with Gasteiger partial charge in [0.25, 0.3) is 0 Å². The van der Waals surface area contributed by atoms with E-state index in [0.717, 1.165) is 11.3 Å². The first-order valence-electron chi connectivity index (χ1n) is 8.69. The van der Waals surface area contributed by atoms with Crippen LogP contribution in [0.25, 0.3) is 10.8 Å². The molecular weight excluding hydrogens is 346 g/mol. The normalized spacial score (nSPS) is 10.8. The van der Waals surface area contributed by atoms with Crippen LogP contribution in [0, 0.1) is 6.92 Å². The second-order valence-electron chi connectivity index (χ2n) is 6.08. The van der Waals surface area contributed by atoms with Crippen molar-refractivity contribution in [2.45, 2.75) is 19.8 Å². The zero-order chi connectivity index (χ0) is 18.4. The summed E-state index contributed by atoms with van der Waals surface area (Å²) in [5.74, 6) is 1.30. The van der Waals surface area contributed by atoms with E-state index in [1.165, 1.54) is 5.56 Å². The van der Waals surface area contributed by atoms with Crippen molar-refractivity contribution >= 4 is 17.2 Å². The van der Waals surface area contributed by atoms with Gasteiger partial charge in [-0.05, 0) is 30.4 Å². The number of nitrogens with zero attached hydrogens (tertiary/aromatic N) is 2. The van der Waals surface area contributed by atoms with Crippen LogP contribution in [0.3, 0.4) is 0 Å². The molecule has 1 amide bonds. The summed E-state index contributed by atoms with van der Waals surface area (Å²) < 4.78 is 5.73. The van der Waals surface area contributed by atoms with Crippen molar-refractivity contribution in [2.75, 3.05) is 19.6 Å². The van der Waals surface area contributed by atoms with Crippen LogP contribution in [0.4, 0.5) is 0 Å². The topological polar surface area (TPSA) is 72.4 Å². The van der Waals surface area contributed by atoms with E-state index in [4.69, 9.17) is 10.2 Å². The predicted molar refractivity (Wildman–Crippen MR) is 104 cm³/mol. The number of hydrogen-bond acceptors (Lipinski definition) is 5. The van der Waals surface area contributed by atoms with Crippen molar-refractivity contribution in [3.8, 4) is 10.8 Å². The van der Waals surface area contributed by atoms with Gasteiger partial charge in [0.2, 0.25) is 11.8 Å². The SMILES string of the molecule is Cc1oc(-c2cccs2)nc1CC(=O)N(CCN)CCc1ccccc1. The molecule has 0 aliphatic carbocycles. The van der Waals surface area contributed by atoms with Crippen molar-refractivity contribution in [2.24, 2.45) is 5.73 Å². The maximum Gasteiger partial charge on any atom is 0.236 e. The summed E-state index contributed by atoms with van der Waals surface area (Å²) in [6.45, 7) is 3.48. The fraction of sp³-hybridized carbons (Fsp3) is 0.300. The summed E-state index contributed by atoms with van der Waals surface area (Å²) in [7, 11) is 0. The molecule has 0 aliphatic rings. The van der Waals surface area contributed by atoms with Gasteiger partial charge in [0.05, 0.1) is 17.0 Å². The van der Waals surface area contributed by atoms with Crippen LogP contribution < -0.4 is 5.73 Å². The van der Waals surface area contributed by atoms with Crippen molar-refractivity contribution in [1.29, 1.82) is 0 Å². The number of nitrogens with two attached hydrogens (primary N) is 1. The molecule has 0 spiro atoms. The lowest BCUT2D eigenvalue weighted by atomic mass is 10.1. The third-order valence-electron chi connectivity index (χ3n) is 4.21. The molecule has 3 rings (SSSR count). The number of hydrogen-bond donors (Lipinski definition) is 1. The highest BCUT2D eigenvalue weighted by Gasteiger charge is 2.19. The molecule has 2 N–H and O–H groups in total. The number of oxazole rings is 1. The van der Waals surface area contributed by atoms with Crippen LogP contribution in [0.2, 0.25) is 0 Å². The van der Waals surface area contributed by atoms with Gasteiger partial charge in [0.1, 0.15) is 5.76 Å². The molecular formula is C20H23N3O2S. The van der Waals surface area contributed by atoms with Crippen molar-refractivity contribution in [1.82, 2.24) is 9.88 Å². The number of rotatable bonds is 8. The Kier molecular flexibility index (Phi) is 6.20. The van der Waals surface area contributed by atoms with Crippen LogP contribution in [0.1, 0.15) is 17.0 Å². The van der Waals surface area contributed by atoms with Crippen LogP contribution >= 0.6 is 11.3 Å². The van der Waals surface area contributed by atoms with Gasteiger partial charge in [-0.15, -0.1) is 11.3 Å². The van der Waals surface area contributed by atoms with Crippen LogP contribution in [0.5, 0.6) is 0 Å². The fourth-order valence-electron chi connectivity index (χ4n) is 2.78. The zero-order valence-electron chi connectivity index (χ0n) is 14.9. The Labute approximate surface area is 157 Å². The molecule has 0 bridgehead atoms. The summed E-state index contributed by atoms with van der Waals surface area (Å²) in [5, 5.41) is 1.98. The monoisotopic (exact) mass is 369 g/mol. The Morgan fingerprint density at radius 2 is 2.00 bits per heavy atom. The van der Waals surface area contributed by atoms with Crippen LogP contribution in [-0.4, -0.2) is 35.4 Å². The number of thiophene rings is 1. The average Bonchev–Trinajstić information content (AvgIpc) is 3.30. The number of benzene rings is 1. The van der Waals surface area contributed by atoms with Gasteiger partial charge < -0.3 is 15.1 Å². The third kappa shape index (κ3) is 4.59. The molecule has 2 heterocycles. The van der Waals surface area contributed by atoms with Gasteiger partial charge in [0.15, 0.2) is 0 Å². The number of amides is 1. The third-order valence-corrected chi connectivity index (χ3v) is 5.07. The number of aryl methyl sites for hydroxylation is 1. The van der Waals surface area contributed by atoms with Crippen LogP contribution in [0.15, 0.2) is 52.3 Å². The minimum absolute atomic E-state index is 0.0283. The zero-order valence-corrected chi connectivity index (χ0v) is 15.7. The highest BCUT2D eigenvalue weighted by molar-refractivity contribution is 7.13. The maximum atomic E-state index is 12.8. The second-order valence-corrected chi connectivity index (χ2v) is 7.03. The molecule has 0 radical (unpaired) electrons. The minimum atomic E-state index is 0.0283. The lowest BCUT2D eigenvalue weighted by molar-refractivity contribution is -0.130. The van der Waals surface area contributed by atoms with Gasteiger partial charge in [-0.3, -0.25) is 4.79 Å².